The van der Waals surface area contributed by atoms with E-state index in [1.165, 1.54) is 0 Å². The van der Waals surface area contributed by atoms with Gasteiger partial charge in [-0.1, -0.05) is 26.3 Å². The molecule has 2 fully saturated rings. The molecule has 0 aromatic heterocycles. The lowest BCUT2D eigenvalue weighted by Gasteiger charge is -2.47. The highest BCUT2D eigenvalue weighted by Crippen LogP contribution is 2.45. The number of nitrogens with one attached hydrogen (secondary N) is 1. The molecule has 2 rings (SSSR count). The predicted molar refractivity (Wildman–Crippen MR) is 74.4 cm³/mol. The van der Waals surface area contributed by atoms with Crippen molar-refractivity contribution >= 4 is 11.8 Å². The van der Waals surface area contributed by atoms with Crippen molar-refractivity contribution in [1.29, 1.82) is 0 Å². The van der Waals surface area contributed by atoms with E-state index in [9.17, 15) is 9.59 Å². The van der Waals surface area contributed by atoms with Gasteiger partial charge in [-0.25, -0.2) is 0 Å². The van der Waals surface area contributed by atoms with E-state index in [0.717, 1.165) is 19.3 Å². The monoisotopic (exact) mass is 264 g/mol. The Hall–Kier alpha value is -1.32. The number of piperazine rings is 1. The van der Waals surface area contributed by atoms with Gasteiger partial charge >= 0.3 is 0 Å². The number of carbonyl (C=O) groups is 2. The van der Waals surface area contributed by atoms with E-state index < -0.39 is 5.54 Å². The maximum absolute atomic E-state index is 12.7. The highest BCUT2D eigenvalue weighted by Gasteiger charge is 2.57. The lowest BCUT2D eigenvalue weighted by Crippen LogP contribution is -2.71. The van der Waals surface area contributed by atoms with Crippen molar-refractivity contribution in [3.8, 4) is 0 Å². The summed E-state index contributed by atoms with van der Waals surface area (Å²) in [5.41, 5.74) is -0.685. The van der Waals surface area contributed by atoms with Gasteiger partial charge < -0.3 is 10.2 Å². The fraction of sp³-hybridized carbons (Fsp3) is 0.733. The largest absolute Gasteiger partial charge is 0.342 e. The van der Waals surface area contributed by atoms with Crippen LogP contribution in [0.2, 0.25) is 0 Å². The smallest absolute Gasteiger partial charge is 0.246 e. The van der Waals surface area contributed by atoms with Crippen LogP contribution in [-0.4, -0.2) is 34.8 Å². The maximum atomic E-state index is 12.7. The van der Waals surface area contributed by atoms with Crippen LogP contribution >= 0.6 is 0 Å². The first kappa shape index (κ1) is 14.1. The normalized spacial score (nSPS) is 33.0. The van der Waals surface area contributed by atoms with Crippen molar-refractivity contribution in [2.24, 2.45) is 11.8 Å². The predicted octanol–water partition coefficient (Wildman–Crippen LogP) is 1.71. The van der Waals surface area contributed by atoms with Gasteiger partial charge in [0.05, 0.1) is 0 Å². The fourth-order valence-corrected chi connectivity index (χ4v) is 2.95. The topological polar surface area (TPSA) is 49.4 Å². The molecule has 1 aliphatic carbocycles. The molecule has 106 valence electrons. The Morgan fingerprint density at radius 3 is 2.63 bits per heavy atom. The van der Waals surface area contributed by atoms with Crippen LogP contribution in [0.1, 0.15) is 40.0 Å². The molecule has 1 N–H and O–H groups in total. The Morgan fingerprint density at radius 1 is 1.53 bits per heavy atom. The Kier molecular flexibility index (Phi) is 3.70. The van der Waals surface area contributed by atoms with Crippen molar-refractivity contribution in [3.05, 3.63) is 12.7 Å². The Bertz CT molecular complexity index is 403. The third-order valence-corrected chi connectivity index (χ3v) is 4.74. The SMILES string of the molecule is C=CCN1C(=O)C(C(C)CC)NC(=O)C1(C)C1CC1. The van der Waals surface area contributed by atoms with Gasteiger partial charge in [-0.15, -0.1) is 6.58 Å². The molecule has 0 aromatic rings. The van der Waals surface area contributed by atoms with Crippen LogP contribution in [0.4, 0.5) is 0 Å². The third kappa shape index (κ3) is 2.17. The molecule has 19 heavy (non-hydrogen) atoms. The minimum absolute atomic E-state index is 0.00162. The van der Waals surface area contributed by atoms with Crippen molar-refractivity contribution in [2.75, 3.05) is 6.54 Å². The summed E-state index contributed by atoms with van der Waals surface area (Å²) in [6.07, 6.45) is 4.64. The molecule has 4 heteroatoms. The average Bonchev–Trinajstić information content (AvgIpc) is 3.22. The number of rotatable bonds is 5. The number of carbonyl (C=O) groups excluding carboxylic acids is 2. The second-order valence-corrected chi connectivity index (χ2v) is 6.00. The van der Waals surface area contributed by atoms with Crippen LogP contribution in [0, 0.1) is 11.8 Å². The van der Waals surface area contributed by atoms with Crippen LogP contribution in [0.5, 0.6) is 0 Å². The molecular weight excluding hydrogens is 240 g/mol. The highest BCUT2D eigenvalue weighted by atomic mass is 16.2. The van der Waals surface area contributed by atoms with Crippen molar-refractivity contribution in [3.63, 3.8) is 0 Å². The molecule has 0 radical (unpaired) electrons. The van der Waals surface area contributed by atoms with Crippen LogP contribution in [0.15, 0.2) is 12.7 Å². The Labute approximate surface area is 115 Å². The molecule has 0 spiro atoms. The van der Waals surface area contributed by atoms with Crippen molar-refractivity contribution in [2.45, 2.75) is 51.6 Å². The molecule has 1 aliphatic heterocycles. The van der Waals surface area contributed by atoms with Crippen LogP contribution in [0.3, 0.4) is 0 Å². The van der Waals surface area contributed by atoms with Gasteiger partial charge in [0.2, 0.25) is 11.8 Å². The second-order valence-electron chi connectivity index (χ2n) is 6.00. The summed E-state index contributed by atoms with van der Waals surface area (Å²) in [5.74, 6) is 0.506. The molecule has 3 unspecified atom stereocenters. The van der Waals surface area contributed by atoms with E-state index in [2.05, 4.69) is 11.9 Å². The third-order valence-electron chi connectivity index (χ3n) is 4.74. The first-order chi connectivity index (χ1) is 8.96. The quantitative estimate of drug-likeness (QED) is 0.769. The molecular formula is C15H24N2O2. The molecule has 2 aliphatic rings. The van der Waals surface area contributed by atoms with Crippen LogP contribution in [0.25, 0.3) is 0 Å². The van der Waals surface area contributed by atoms with E-state index in [4.69, 9.17) is 0 Å². The number of hydrogen-bond acceptors (Lipinski definition) is 2. The summed E-state index contributed by atoms with van der Waals surface area (Å²) < 4.78 is 0. The maximum Gasteiger partial charge on any atom is 0.246 e. The van der Waals surface area contributed by atoms with Gasteiger partial charge in [0.25, 0.3) is 0 Å². The Morgan fingerprint density at radius 2 is 2.16 bits per heavy atom. The molecule has 1 saturated carbocycles. The number of amides is 2. The lowest BCUT2D eigenvalue weighted by molar-refractivity contribution is -0.158. The average molecular weight is 264 g/mol. The first-order valence-corrected chi connectivity index (χ1v) is 7.20. The van der Waals surface area contributed by atoms with Crippen molar-refractivity contribution < 1.29 is 9.59 Å². The van der Waals surface area contributed by atoms with Crippen LogP contribution in [-0.2, 0) is 9.59 Å². The van der Waals surface area contributed by atoms with E-state index in [1.54, 1.807) is 11.0 Å². The summed E-state index contributed by atoms with van der Waals surface area (Å²) in [6.45, 7) is 10.1. The van der Waals surface area contributed by atoms with E-state index in [1.807, 2.05) is 20.8 Å². The second kappa shape index (κ2) is 4.99. The molecule has 2 amide bonds. The molecule has 1 heterocycles. The van der Waals surface area contributed by atoms with E-state index in [-0.39, 0.29) is 23.8 Å². The molecule has 1 saturated heterocycles. The standard InChI is InChI=1S/C15H24N2O2/c1-5-9-17-13(18)12(10(3)6-2)16-14(19)15(17,4)11-7-8-11/h5,10-12H,1,6-9H2,2-4H3,(H,16,19). The van der Waals surface area contributed by atoms with Gasteiger partial charge in [0.15, 0.2) is 0 Å². The number of nitrogens with zero attached hydrogens (tertiary/aromatic N) is 1. The van der Waals surface area contributed by atoms with Gasteiger partial charge in [0, 0.05) is 6.54 Å². The number of hydrogen-bond donors (Lipinski definition) is 1. The minimum atomic E-state index is -0.685. The summed E-state index contributed by atoms with van der Waals surface area (Å²) in [6, 6.07) is -0.385. The summed E-state index contributed by atoms with van der Waals surface area (Å²) in [7, 11) is 0. The Balaban J connectivity index is 2.31. The highest BCUT2D eigenvalue weighted by molar-refractivity contribution is 6.00. The summed E-state index contributed by atoms with van der Waals surface area (Å²) in [4.78, 5) is 26.9. The summed E-state index contributed by atoms with van der Waals surface area (Å²) >= 11 is 0. The zero-order valence-corrected chi connectivity index (χ0v) is 12.1. The molecule has 0 aromatic carbocycles. The van der Waals surface area contributed by atoms with Gasteiger partial charge in [-0.3, -0.25) is 9.59 Å². The van der Waals surface area contributed by atoms with Gasteiger partial charge in [0.1, 0.15) is 11.6 Å². The van der Waals surface area contributed by atoms with Gasteiger partial charge in [-0.2, -0.15) is 0 Å². The lowest BCUT2D eigenvalue weighted by atomic mass is 9.85. The summed E-state index contributed by atoms with van der Waals surface area (Å²) in [5, 5.41) is 2.95. The minimum Gasteiger partial charge on any atom is -0.342 e. The van der Waals surface area contributed by atoms with E-state index in [0.29, 0.717) is 12.5 Å². The first-order valence-electron chi connectivity index (χ1n) is 7.20. The van der Waals surface area contributed by atoms with Crippen LogP contribution < -0.4 is 5.32 Å². The zero-order valence-electron chi connectivity index (χ0n) is 12.1. The molecule has 4 nitrogen and oxygen atoms in total. The zero-order chi connectivity index (χ0) is 14.2. The van der Waals surface area contributed by atoms with Gasteiger partial charge in [-0.05, 0) is 31.6 Å². The van der Waals surface area contributed by atoms with E-state index >= 15 is 0 Å². The fourth-order valence-electron chi connectivity index (χ4n) is 2.95. The molecule has 3 atom stereocenters. The van der Waals surface area contributed by atoms with Crippen molar-refractivity contribution in [1.82, 2.24) is 10.2 Å². The molecule has 0 bridgehead atoms.